The Balaban J connectivity index is 2.66. The van der Waals surface area contributed by atoms with Crippen molar-refractivity contribution in [3.63, 3.8) is 0 Å². The largest absolute Gasteiger partial charge is 0.480 e. The standard InChI is InChI=1S/C13H22N2O4/c1-3-12(17)14-7-4-5-11(6-8-14)15(10(2)16)9-13(18)19/h11H,3-9H2,1-2H3,(H,18,19). The number of rotatable bonds is 4. The summed E-state index contributed by atoms with van der Waals surface area (Å²) in [5.41, 5.74) is 0. The first kappa shape index (κ1) is 15.5. The summed E-state index contributed by atoms with van der Waals surface area (Å²) in [4.78, 5) is 37.2. The molecular weight excluding hydrogens is 248 g/mol. The van der Waals surface area contributed by atoms with Gasteiger partial charge < -0.3 is 14.9 Å². The molecule has 1 heterocycles. The Hall–Kier alpha value is -1.59. The van der Waals surface area contributed by atoms with E-state index in [1.165, 1.54) is 11.8 Å². The first-order chi connectivity index (χ1) is 8.95. The average Bonchev–Trinajstić information content (AvgIpc) is 2.60. The first-order valence-electron chi connectivity index (χ1n) is 6.72. The molecule has 0 spiro atoms. The Bertz CT molecular complexity index is 357. The predicted molar refractivity (Wildman–Crippen MR) is 69.5 cm³/mol. The molecule has 1 rings (SSSR count). The smallest absolute Gasteiger partial charge is 0.323 e. The maximum absolute atomic E-state index is 11.7. The third-order valence-electron chi connectivity index (χ3n) is 3.50. The molecule has 6 heteroatoms. The van der Waals surface area contributed by atoms with Gasteiger partial charge in [0.15, 0.2) is 0 Å². The van der Waals surface area contributed by atoms with Gasteiger partial charge in [0.2, 0.25) is 11.8 Å². The van der Waals surface area contributed by atoms with Crippen LogP contribution in [0, 0.1) is 0 Å². The molecule has 1 atom stereocenters. The topological polar surface area (TPSA) is 77.9 Å². The van der Waals surface area contributed by atoms with Crippen LogP contribution in [0.2, 0.25) is 0 Å². The van der Waals surface area contributed by atoms with E-state index in [0.29, 0.717) is 25.9 Å². The Morgan fingerprint density at radius 2 is 1.95 bits per heavy atom. The Labute approximate surface area is 113 Å². The number of nitrogens with zero attached hydrogens (tertiary/aromatic N) is 2. The van der Waals surface area contributed by atoms with Crippen molar-refractivity contribution >= 4 is 17.8 Å². The Kier molecular flexibility index (Phi) is 5.79. The minimum atomic E-state index is -0.999. The molecule has 1 N–H and O–H groups in total. The predicted octanol–water partition coefficient (Wildman–Crippen LogP) is 0.711. The first-order valence-corrected chi connectivity index (χ1v) is 6.72. The second kappa shape index (κ2) is 7.11. The molecule has 1 aliphatic heterocycles. The number of carbonyl (C=O) groups excluding carboxylic acids is 2. The van der Waals surface area contributed by atoms with Gasteiger partial charge in [0, 0.05) is 32.5 Å². The third kappa shape index (κ3) is 4.54. The molecule has 108 valence electrons. The van der Waals surface area contributed by atoms with Gasteiger partial charge in [-0.25, -0.2) is 0 Å². The lowest BCUT2D eigenvalue weighted by Gasteiger charge is -2.28. The number of carbonyl (C=O) groups is 3. The zero-order chi connectivity index (χ0) is 14.4. The Morgan fingerprint density at radius 3 is 2.47 bits per heavy atom. The quantitative estimate of drug-likeness (QED) is 0.816. The summed E-state index contributed by atoms with van der Waals surface area (Å²) in [6, 6.07) is -0.0803. The molecule has 0 aromatic heterocycles. The lowest BCUT2D eigenvalue weighted by Crippen LogP contribution is -2.43. The maximum Gasteiger partial charge on any atom is 0.323 e. The summed E-state index contributed by atoms with van der Waals surface area (Å²) in [7, 11) is 0. The van der Waals surface area contributed by atoms with Crippen molar-refractivity contribution in [2.75, 3.05) is 19.6 Å². The zero-order valence-electron chi connectivity index (χ0n) is 11.6. The molecule has 1 unspecified atom stereocenters. The molecule has 0 aromatic rings. The van der Waals surface area contributed by atoms with E-state index in [2.05, 4.69) is 0 Å². The molecule has 0 aromatic carbocycles. The molecule has 1 aliphatic rings. The third-order valence-corrected chi connectivity index (χ3v) is 3.50. The van der Waals surface area contributed by atoms with Gasteiger partial charge in [0.25, 0.3) is 0 Å². The second-order valence-corrected chi connectivity index (χ2v) is 4.86. The average molecular weight is 270 g/mol. The number of carboxylic acids is 1. The van der Waals surface area contributed by atoms with Crippen molar-refractivity contribution < 1.29 is 19.5 Å². The van der Waals surface area contributed by atoms with Crippen molar-refractivity contribution in [1.82, 2.24) is 9.80 Å². The number of carboxylic acid groups (broad SMARTS) is 1. The van der Waals surface area contributed by atoms with E-state index >= 15 is 0 Å². The molecule has 19 heavy (non-hydrogen) atoms. The van der Waals surface area contributed by atoms with Crippen molar-refractivity contribution in [3.8, 4) is 0 Å². The highest BCUT2D eigenvalue weighted by Gasteiger charge is 2.26. The Morgan fingerprint density at radius 1 is 1.26 bits per heavy atom. The van der Waals surface area contributed by atoms with Crippen LogP contribution in [0.25, 0.3) is 0 Å². The van der Waals surface area contributed by atoms with Crippen molar-refractivity contribution in [1.29, 1.82) is 0 Å². The highest BCUT2D eigenvalue weighted by Crippen LogP contribution is 2.17. The summed E-state index contributed by atoms with van der Waals surface area (Å²) in [5.74, 6) is -1.10. The summed E-state index contributed by atoms with van der Waals surface area (Å²) in [6.07, 6.45) is 2.69. The minimum Gasteiger partial charge on any atom is -0.480 e. The van der Waals surface area contributed by atoms with E-state index in [-0.39, 0.29) is 24.4 Å². The van der Waals surface area contributed by atoms with Gasteiger partial charge in [0.05, 0.1) is 0 Å². The minimum absolute atomic E-state index is 0.0803. The lowest BCUT2D eigenvalue weighted by molar-refractivity contribution is -0.145. The second-order valence-electron chi connectivity index (χ2n) is 4.86. The van der Waals surface area contributed by atoms with Gasteiger partial charge in [-0.3, -0.25) is 14.4 Å². The van der Waals surface area contributed by atoms with Crippen LogP contribution in [-0.4, -0.2) is 58.4 Å². The fourth-order valence-corrected chi connectivity index (χ4v) is 2.51. The lowest BCUT2D eigenvalue weighted by atomic mass is 10.1. The fraction of sp³-hybridized carbons (Fsp3) is 0.769. The summed E-state index contributed by atoms with van der Waals surface area (Å²) < 4.78 is 0. The van der Waals surface area contributed by atoms with E-state index in [1.807, 2.05) is 6.92 Å². The van der Waals surface area contributed by atoms with Crippen LogP contribution in [-0.2, 0) is 14.4 Å². The molecule has 0 aliphatic carbocycles. The fourth-order valence-electron chi connectivity index (χ4n) is 2.51. The summed E-state index contributed by atoms with van der Waals surface area (Å²) in [5, 5.41) is 8.85. The number of amides is 2. The van der Waals surface area contributed by atoms with E-state index in [4.69, 9.17) is 5.11 Å². The van der Waals surface area contributed by atoms with E-state index in [9.17, 15) is 14.4 Å². The van der Waals surface area contributed by atoms with Crippen LogP contribution in [0.1, 0.15) is 39.5 Å². The maximum atomic E-state index is 11.7. The van der Waals surface area contributed by atoms with Gasteiger partial charge in [-0.2, -0.15) is 0 Å². The molecule has 1 fully saturated rings. The van der Waals surface area contributed by atoms with E-state index in [1.54, 1.807) is 4.90 Å². The van der Waals surface area contributed by atoms with Crippen LogP contribution in [0.5, 0.6) is 0 Å². The van der Waals surface area contributed by atoms with E-state index in [0.717, 1.165) is 12.8 Å². The van der Waals surface area contributed by atoms with E-state index < -0.39 is 5.97 Å². The van der Waals surface area contributed by atoms with Gasteiger partial charge in [0.1, 0.15) is 6.54 Å². The molecular formula is C13H22N2O4. The molecule has 1 saturated heterocycles. The van der Waals surface area contributed by atoms with Crippen molar-refractivity contribution in [2.45, 2.75) is 45.6 Å². The number of likely N-dealkylation sites (tertiary alicyclic amines) is 1. The number of aliphatic carboxylic acids is 1. The molecule has 0 radical (unpaired) electrons. The van der Waals surface area contributed by atoms with Gasteiger partial charge in [-0.15, -0.1) is 0 Å². The molecule has 6 nitrogen and oxygen atoms in total. The highest BCUT2D eigenvalue weighted by atomic mass is 16.4. The van der Waals surface area contributed by atoms with Gasteiger partial charge in [-0.1, -0.05) is 6.92 Å². The number of hydrogen-bond acceptors (Lipinski definition) is 3. The van der Waals surface area contributed by atoms with Crippen LogP contribution in [0.4, 0.5) is 0 Å². The van der Waals surface area contributed by atoms with Crippen molar-refractivity contribution in [3.05, 3.63) is 0 Å². The van der Waals surface area contributed by atoms with Crippen LogP contribution in [0.15, 0.2) is 0 Å². The van der Waals surface area contributed by atoms with Gasteiger partial charge in [-0.05, 0) is 19.3 Å². The normalized spacial score (nSPS) is 19.7. The SMILES string of the molecule is CCC(=O)N1CCCC(N(CC(=O)O)C(C)=O)CC1. The highest BCUT2D eigenvalue weighted by molar-refractivity contribution is 5.80. The van der Waals surface area contributed by atoms with Crippen LogP contribution in [0.3, 0.4) is 0 Å². The summed E-state index contributed by atoms with van der Waals surface area (Å²) >= 11 is 0. The molecule has 0 bridgehead atoms. The van der Waals surface area contributed by atoms with Crippen molar-refractivity contribution in [2.24, 2.45) is 0 Å². The van der Waals surface area contributed by atoms with Gasteiger partial charge >= 0.3 is 5.97 Å². The molecule has 0 saturated carbocycles. The summed E-state index contributed by atoms with van der Waals surface area (Å²) in [6.45, 7) is 4.25. The number of hydrogen-bond donors (Lipinski definition) is 1. The monoisotopic (exact) mass is 270 g/mol. The molecule has 2 amide bonds. The zero-order valence-corrected chi connectivity index (χ0v) is 11.6. The van der Waals surface area contributed by atoms with Crippen LogP contribution >= 0.6 is 0 Å². The van der Waals surface area contributed by atoms with Crippen LogP contribution < -0.4 is 0 Å².